The Labute approximate surface area is 95.4 Å². The molecule has 2 saturated carbocycles. The van der Waals surface area contributed by atoms with E-state index >= 15 is 0 Å². The summed E-state index contributed by atoms with van der Waals surface area (Å²) in [4.78, 5) is 22.8. The van der Waals surface area contributed by atoms with Crippen molar-refractivity contribution in [2.45, 2.75) is 51.0 Å². The number of amides is 1. The van der Waals surface area contributed by atoms with Crippen LogP contribution in [0.1, 0.15) is 45.4 Å². The molecule has 16 heavy (non-hydrogen) atoms. The van der Waals surface area contributed by atoms with Crippen LogP contribution in [0.5, 0.6) is 0 Å². The molecule has 2 rings (SSSR count). The molecule has 90 valence electrons. The highest BCUT2D eigenvalue weighted by atomic mass is 16.4. The topological polar surface area (TPSA) is 66.4 Å². The summed E-state index contributed by atoms with van der Waals surface area (Å²) in [7, 11) is 0. The van der Waals surface area contributed by atoms with Crippen LogP contribution in [0.4, 0.5) is 0 Å². The van der Waals surface area contributed by atoms with Crippen molar-refractivity contribution in [1.29, 1.82) is 0 Å². The zero-order chi connectivity index (χ0) is 11.8. The Kier molecular flexibility index (Phi) is 2.91. The van der Waals surface area contributed by atoms with Crippen LogP contribution in [0.2, 0.25) is 0 Å². The highest BCUT2D eigenvalue weighted by Gasteiger charge is 2.43. The van der Waals surface area contributed by atoms with Gasteiger partial charge in [-0.15, -0.1) is 0 Å². The Morgan fingerprint density at radius 3 is 2.19 bits per heavy atom. The lowest BCUT2D eigenvalue weighted by Crippen LogP contribution is -2.51. The van der Waals surface area contributed by atoms with Gasteiger partial charge in [0.2, 0.25) is 5.91 Å². The summed E-state index contributed by atoms with van der Waals surface area (Å²) in [6, 6.07) is 0. The van der Waals surface area contributed by atoms with Crippen molar-refractivity contribution in [2.75, 3.05) is 0 Å². The fourth-order valence-corrected chi connectivity index (χ4v) is 2.78. The Bertz CT molecular complexity index is 307. The predicted molar refractivity (Wildman–Crippen MR) is 58.9 cm³/mol. The fourth-order valence-electron chi connectivity index (χ4n) is 2.78. The molecule has 0 aromatic rings. The highest BCUT2D eigenvalue weighted by Crippen LogP contribution is 2.36. The lowest BCUT2D eigenvalue weighted by atomic mass is 9.73. The summed E-state index contributed by atoms with van der Waals surface area (Å²) >= 11 is 0. The maximum atomic E-state index is 11.9. The van der Waals surface area contributed by atoms with Crippen molar-refractivity contribution in [1.82, 2.24) is 5.32 Å². The van der Waals surface area contributed by atoms with Crippen LogP contribution in [0, 0.1) is 11.8 Å². The summed E-state index contributed by atoms with van der Waals surface area (Å²) in [5.74, 6) is -1.63. The number of carboxylic acids is 1. The van der Waals surface area contributed by atoms with Gasteiger partial charge in [0.05, 0.1) is 11.8 Å². The van der Waals surface area contributed by atoms with Crippen molar-refractivity contribution in [2.24, 2.45) is 11.8 Å². The van der Waals surface area contributed by atoms with Crippen molar-refractivity contribution in [3.05, 3.63) is 0 Å². The number of carbonyl (C=O) groups is 2. The largest absolute Gasteiger partial charge is 0.481 e. The molecule has 4 heteroatoms. The number of carbonyl (C=O) groups excluding carboxylic acids is 1. The van der Waals surface area contributed by atoms with E-state index in [4.69, 9.17) is 5.11 Å². The molecular formula is C12H19NO3. The third-order valence-electron chi connectivity index (χ3n) is 4.06. The molecule has 2 N–H and O–H groups in total. The second-order valence-electron chi connectivity index (χ2n) is 5.39. The first kappa shape index (κ1) is 11.4. The van der Waals surface area contributed by atoms with Crippen LogP contribution >= 0.6 is 0 Å². The van der Waals surface area contributed by atoms with Gasteiger partial charge in [0.15, 0.2) is 0 Å². The molecule has 0 bridgehead atoms. The summed E-state index contributed by atoms with van der Waals surface area (Å²) in [5, 5.41) is 11.9. The van der Waals surface area contributed by atoms with Gasteiger partial charge in [0.1, 0.15) is 0 Å². The van der Waals surface area contributed by atoms with Crippen LogP contribution in [-0.4, -0.2) is 22.5 Å². The van der Waals surface area contributed by atoms with E-state index in [2.05, 4.69) is 12.2 Å². The minimum absolute atomic E-state index is 0.0527. The van der Waals surface area contributed by atoms with Crippen molar-refractivity contribution < 1.29 is 14.7 Å². The summed E-state index contributed by atoms with van der Waals surface area (Å²) < 4.78 is 0. The molecule has 0 aromatic heterocycles. The first-order valence-electron chi connectivity index (χ1n) is 6.07. The molecule has 1 amide bonds. The molecular weight excluding hydrogens is 206 g/mol. The molecule has 2 unspecified atom stereocenters. The Morgan fingerprint density at radius 2 is 1.75 bits per heavy atom. The third-order valence-corrected chi connectivity index (χ3v) is 4.06. The average molecular weight is 225 g/mol. The lowest BCUT2D eigenvalue weighted by molar-refractivity contribution is -0.153. The van der Waals surface area contributed by atoms with Gasteiger partial charge >= 0.3 is 5.97 Å². The van der Waals surface area contributed by atoms with Gasteiger partial charge in [-0.3, -0.25) is 9.59 Å². The van der Waals surface area contributed by atoms with E-state index < -0.39 is 11.9 Å². The van der Waals surface area contributed by atoms with Gasteiger partial charge in [0, 0.05) is 5.54 Å². The molecule has 0 saturated heterocycles. The monoisotopic (exact) mass is 225 g/mol. The minimum atomic E-state index is -0.831. The fraction of sp³-hybridized carbons (Fsp3) is 0.833. The van der Waals surface area contributed by atoms with Crippen LogP contribution in [0.25, 0.3) is 0 Å². The highest BCUT2D eigenvalue weighted by molar-refractivity contribution is 5.86. The number of rotatable bonds is 3. The molecule has 2 aliphatic rings. The van der Waals surface area contributed by atoms with E-state index in [1.165, 1.54) is 0 Å². The van der Waals surface area contributed by atoms with E-state index in [-0.39, 0.29) is 17.4 Å². The second-order valence-corrected chi connectivity index (χ2v) is 5.39. The summed E-state index contributed by atoms with van der Waals surface area (Å²) in [6.45, 7) is 2.06. The van der Waals surface area contributed by atoms with Gasteiger partial charge in [-0.2, -0.15) is 0 Å². The Morgan fingerprint density at radius 1 is 1.19 bits per heavy atom. The molecule has 2 aliphatic carbocycles. The van der Waals surface area contributed by atoms with Gasteiger partial charge < -0.3 is 10.4 Å². The maximum absolute atomic E-state index is 11.9. The zero-order valence-electron chi connectivity index (χ0n) is 9.66. The number of carboxylic acid groups (broad SMARTS) is 1. The van der Waals surface area contributed by atoms with Gasteiger partial charge in [-0.05, 0) is 32.6 Å². The van der Waals surface area contributed by atoms with Crippen LogP contribution < -0.4 is 5.32 Å². The lowest BCUT2D eigenvalue weighted by Gasteiger charge is -2.35. The Hall–Kier alpha value is -1.06. The van der Waals surface area contributed by atoms with Gasteiger partial charge in [0.25, 0.3) is 0 Å². The molecule has 0 aliphatic heterocycles. The molecule has 0 aromatic carbocycles. The molecule has 2 fully saturated rings. The SMILES string of the molecule is CC1(NC(=O)C2CCC2C(=O)O)CCCC1. The molecule has 0 radical (unpaired) electrons. The number of hydrogen-bond donors (Lipinski definition) is 2. The average Bonchev–Trinajstić information content (AvgIpc) is 2.47. The van der Waals surface area contributed by atoms with Crippen LogP contribution in [-0.2, 0) is 9.59 Å². The third kappa shape index (κ3) is 2.06. The standard InChI is InChI=1S/C12H19NO3/c1-12(6-2-3-7-12)13-10(14)8-4-5-9(8)11(15)16/h8-9H,2-7H2,1H3,(H,13,14)(H,15,16). The van der Waals surface area contributed by atoms with E-state index in [0.29, 0.717) is 6.42 Å². The molecule has 0 heterocycles. The number of aliphatic carboxylic acids is 1. The van der Waals surface area contributed by atoms with Gasteiger partial charge in [-0.1, -0.05) is 12.8 Å². The van der Waals surface area contributed by atoms with E-state index in [1.54, 1.807) is 0 Å². The number of nitrogens with one attached hydrogen (secondary N) is 1. The summed E-state index contributed by atoms with van der Waals surface area (Å²) in [5.41, 5.74) is -0.0876. The van der Waals surface area contributed by atoms with E-state index in [1.807, 2.05) is 0 Å². The first-order chi connectivity index (χ1) is 7.52. The van der Waals surface area contributed by atoms with E-state index in [0.717, 1.165) is 32.1 Å². The Balaban J connectivity index is 1.91. The molecule has 2 atom stereocenters. The maximum Gasteiger partial charge on any atom is 0.307 e. The molecule has 4 nitrogen and oxygen atoms in total. The predicted octanol–water partition coefficient (Wildman–Crippen LogP) is 1.55. The quantitative estimate of drug-likeness (QED) is 0.765. The second kappa shape index (κ2) is 4.07. The normalized spacial score (nSPS) is 31.8. The first-order valence-corrected chi connectivity index (χ1v) is 6.07. The summed E-state index contributed by atoms with van der Waals surface area (Å²) in [6.07, 6.45) is 5.71. The van der Waals surface area contributed by atoms with Gasteiger partial charge in [-0.25, -0.2) is 0 Å². The van der Waals surface area contributed by atoms with E-state index in [9.17, 15) is 9.59 Å². The van der Waals surface area contributed by atoms with Crippen molar-refractivity contribution >= 4 is 11.9 Å². The minimum Gasteiger partial charge on any atom is -0.481 e. The smallest absolute Gasteiger partial charge is 0.307 e. The number of hydrogen-bond acceptors (Lipinski definition) is 2. The van der Waals surface area contributed by atoms with Crippen molar-refractivity contribution in [3.63, 3.8) is 0 Å². The zero-order valence-corrected chi connectivity index (χ0v) is 9.66. The van der Waals surface area contributed by atoms with Crippen molar-refractivity contribution in [3.8, 4) is 0 Å². The molecule has 0 spiro atoms. The van der Waals surface area contributed by atoms with Crippen LogP contribution in [0.15, 0.2) is 0 Å². The van der Waals surface area contributed by atoms with Crippen LogP contribution in [0.3, 0.4) is 0 Å².